The molecule has 33 heavy (non-hydrogen) atoms. The maximum Gasteiger partial charge on any atom is 0.267 e. The summed E-state index contributed by atoms with van der Waals surface area (Å²) in [6.45, 7) is -10.6. The van der Waals surface area contributed by atoms with Gasteiger partial charge in [0.15, 0.2) is 25.8 Å². The van der Waals surface area contributed by atoms with Crippen LogP contribution in [0.25, 0.3) is 10.9 Å². The van der Waals surface area contributed by atoms with E-state index in [1.807, 2.05) is 0 Å². The monoisotopic (exact) mass is 467 g/mol. The largest absolute Gasteiger partial charge is 0.493 e. The first-order valence-electron chi connectivity index (χ1n) is 17.3. The number of carbonyl (C=O) groups is 1. The summed E-state index contributed by atoms with van der Waals surface area (Å²) in [6, 6.07) is 3.84. The Labute approximate surface area is 213 Å². The Morgan fingerprint density at radius 1 is 1.21 bits per heavy atom. The van der Waals surface area contributed by atoms with Crippen LogP contribution in [-0.4, -0.2) is 73.6 Å². The van der Waals surface area contributed by atoms with Crippen molar-refractivity contribution in [3.63, 3.8) is 0 Å². The molecule has 1 unspecified atom stereocenters. The number of benzene rings is 2. The minimum Gasteiger partial charge on any atom is -0.493 e. The molecule has 0 saturated carbocycles. The lowest BCUT2D eigenvalue weighted by molar-refractivity contribution is -0.141. The quantitative estimate of drug-likeness (QED) is 0.599. The molecule has 2 aromatic carbocycles. The zero-order valence-corrected chi connectivity index (χ0v) is 16.6. The van der Waals surface area contributed by atoms with Crippen molar-refractivity contribution in [2.75, 3.05) is 57.3 Å². The number of para-hydroxylation sites is 2. The Bertz CT molecular complexity index is 1790. The Balaban J connectivity index is 1.60. The number of piperazine rings is 1. The summed E-state index contributed by atoms with van der Waals surface area (Å²) in [5.74, 6) is -5.08. The molecule has 5 rings (SSSR count). The third-order valence-corrected chi connectivity index (χ3v) is 4.70. The van der Waals surface area contributed by atoms with Gasteiger partial charge in [-0.15, -0.1) is 0 Å². The molecular formula is C23H25N5O5. The fraction of sp³-hybridized carbons (Fsp3) is 0.348. The summed E-state index contributed by atoms with van der Waals surface area (Å²) in [5, 5.41) is -0.632. The second kappa shape index (κ2) is 8.53. The van der Waals surface area contributed by atoms with Crippen LogP contribution in [0.2, 0.25) is 2.82 Å². The highest BCUT2D eigenvalue weighted by Crippen LogP contribution is 2.34. The third kappa shape index (κ3) is 3.88. The van der Waals surface area contributed by atoms with Crippen LogP contribution in [-0.2, 0) is 4.79 Å². The summed E-state index contributed by atoms with van der Waals surface area (Å²) in [6.07, 6.45) is -2.15. The van der Waals surface area contributed by atoms with Gasteiger partial charge in [0, 0.05) is 37.5 Å². The number of nitrogen functional groups attached to an aromatic ring is 1. The normalized spacial score (nSPS) is 30.0. The lowest BCUT2D eigenvalue weighted by Gasteiger charge is -2.37. The number of anilines is 2. The van der Waals surface area contributed by atoms with E-state index in [1.54, 1.807) is 0 Å². The first-order valence-corrected chi connectivity index (χ1v) is 9.38. The van der Waals surface area contributed by atoms with Crippen LogP contribution in [0.1, 0.15) is 19.2 Å². The van der Waals surface area contributed by atoms with Gasteiger partial charge < -0.3 is 34.5 Å². The molecule has 0 bridgehead atoms. The molecule has 3 heterocycles. The molecule has 2 aliphatic heterocycles. The van der Waals surface area contributed by atoms with E-state index in [0.717, 1.165) is 4.90 Å². The molecule has 1 atom stereocenters. The number of aromatic nitrogens is 2. The number of amides is 1. The van der Waals surface area contributed by atoms with Crippen molar-refractivity contribution < 1.29 is 45.8 Å². The van der Waals surface area contributed by atoms with E-state index in [2.05, 4.69) is 9.97 Å². The van der Waals surface area contributed by atoms with Gasteiger partial charge in [-0.2, -0.15) is 4.98 Å². The van der Waals surface area contributed by atoms with Crippen molar-refractivity contribution in [3.05, 3.63) is 36.4 Å². The summed E-state index contributed by atoms with van der Waals surface area (Å²) >= 11 is 0. The van der Waals surface area contributed by atoms with E-state index >= 15 is 0 Å². The van der Waals surface area contributed by atoms with E-state index in [4.69, 9.17) is 41.0 Å². The highest BCUT2D eigenvalue weighted by atomic mass is 16.6. The molecule has 1 fully saturated rings. The number of methoxy groups -OCH3 is 2. The molecule has 1 saturated heterocycles. The first kappa shape index (κ1) is 9.50. The van der Waals surface area contributed by atoms with Crippen LogP contribution in [0.5, 0.6) is 23.0 Å². The standard InChI is InChI=1S/C23H25N5O5/c1-30-18-11-14-15(12-19(18)31-2)25-23(26-21(14)24)28-9-7-27(8-10-28)22(29)20-13-32-16-5-3-4-6-17(16)33-20/h3-6,11-12,20H,7-10,13H2,1-2H3,(H2,24,25,26)/i1D3,2D3,7D2,8D2,11D,12D,13D2/hD2. The number of fused-ring (bicyclic) bond motifs is 2. The molecule has 1 amide bonds. The number of ether oxygens (including phenoxy) is 4. The van der Waals surface area contributed by atoms with Crippen LogP contribution in [0, 0.1) is 0 Å². The Morgan fingerprint density at radius 3 is 2.73 bits per heavy atom. The Kier molecular flexibility index (Phi) is 2.46. The third-order valence-electron chi connectivity index (χ3n) is 4.70. The van der Waals surface area contributed by atoms with Gasteiger partial charge in [-0.25, -0.2) is 4.98 Å². The van der Waals surface area contributed by atoms with Crippen LogP contribution < -0.4 is 29.6 Å². The molecule has 0 radical (unpaired) electrons. The van der Waals surface area contributed by atoms with Crippen molar-refractivity contribution in [1.82, 2.24) is 14.9 Å². The zero-order chi connectivity index (χ0) is 36.6. The summed E-state index contributed by atoms with van der Waals surface area (Å²) < 4.78 is 149. The second-order valence-corrected chi connectivity index (χ2v) is 6.69. The van der Waals surface area contributed by atoms with Crippen LogP contribution in [0.4, 0.5) is 11.8 Å². The lowest BCUT2D eigenvalue weighted by Crippen LogP contribution is -2.54. The number of rotatable bonds is 5. The smallest absolute Gasteiger partial charge is 0.267 e. The van der Waals surface area contributed by atoms with E-state index in [0.29, 0.717) is 0 Å². The fourth-order valence-corrected chi connectivity index (χ4v) is 3.10. The van der Waals surface area contributed by atoms with E-state index in [-0.39, 0.29) is 22.1 Å². The van der Waals surface area contributed by atoms with Gasteiger partial charge in [0.2, 0.25) is 12.1 Å². The van der Waals surface area contributed by atoms with E-state index in [1.165, 1.54) is 24.3 Å². The van der Waals surface area contributed by atoms with Crippen molar-refractivity contribution in [2.45, 2.75) is 6.10 Å². The van der Waals surface area contributed by atoms with Crippen LogP contribution in [0.15, 0.2) is 36.4 Å². The van der Waals surface area contributed by atoms with Crippen molar-refractivity contribution in [3.8, 4) is 23.0 Å². The number of hydrogen-bond donors (Lipinski definition) is 1. The zero-order valence-electron chi connectivity index (χ0n) is 32.6. The Hall–Kier alpha value is -3.95. The number of nitrogens with two attached hydrogens (primary N) is 1. The van der Waals surface area contributed by atoms with Gasteiger partial charge in [0.05, 0.1) is 38.8 Å². The minimum atomic E-state index is -3.29. The van der Waals surface area contributed by atoms with Crippen molar-refractivity contribution in [1.29, 1.82) is 0 Å². The minimum absolute atomic E-state index is 0.0383. The molecule has 2 aliphatic rings. The predicted octanol–water partition coefficient (Wildman–Crippen LogP) is 1.72. The predicted molar refractivity (Wildman–Crippen MR) is 122 cm³/mol. The maximum absolute atomic E-state index is 13.7. The average molecular weight is 468 g/mol. The van der Waals surface area contributed by atoms with E-state index in [9.17, 15) is 4.79 Å². The van der Waals surface area contributed by atoms with Crippen molar-refractivity contribution >= 4 is 28.6 Å². The number of hydrogen-bond acceptors (Lipinski definition) is 9. The summed E-state index contributed by atoms with van der Waals surface area (Å²) in [7, 11) is -6.57. The topological polar surface area (TPSA) is 112 Å². The molecule has 2 N–H and O–H groups in total. The van der Waals surface area contributed by atoms with Crippen LogP contribution >= 0.6 is 0 Å². The molecule has 1 aromatic heterocycles. The van der Waals surface area contributed by atoms with Gasteiger partial charge in [-0.1, -0.05) is 12.1 Å². The van der Waals surface area contributed by atoms with Gasteiger partial charge in [0.1, 0.15) is 12.4 Å². The highest BCUT2D eigenvalue weighted by molar-refractivity contribution is 5.91. The SMILES string of the molecule is [2H]c1c(OC([2H])([2H])[2H])c(OC([2H])([2H])[2H])c([2H])c2c(N([2H])[2H])nc(N3CC([2H])([2H])N(C(=O)C4Oc5ccccc5OC4([2H])[2H])C([2H])([2H])C3)nc12. The summed E-state index contributed by atoms with van der Waals surface area (Å²) in [4.78, 5) is 22.7. The van der Waals surface area contributed by atoms with E-state index < -0.39 is 105 Å². The molecule has 0 aliphatic carbocycles. The van der Waals surface area contributed by atoms with Gasteiger partial charge in [0.25, 0.3) is 5.91 Å². The molecule has 172 valence electrons. The molecule has 0 spiro atoms. The fourth-order valence-electron chi connectivity index (χ4n) is 3.10. The molecule has 3 aromatic rings. The summed E-state index contributed by atoms with van der Waals surface area (Å²) in [5.41, 5.74) is -0.830. The lowest BCUT2D eigenvalue weighted by atomic mass is 10.2. The number of nitrogens with zero attached hydrogens (tertiary/aromatic N) is 4. The number of carbonyl (C=O) groups excluding carboxylic acids is 1. The van der Waals surface area contributed by atoms with Gasteiger partial charge in [-0.05, 0) is 18.2 Å². The van der Waals surface area contributed by atoms with Gasteiger partial charge in [-0.3, -0.25) is 4.79 Å². The van der Waals surface area contributed by atoms with Gasteiger partial charge >= 0.3 is 0 Å². The average Bonchev–Trinajstić information content (AvgIpc) is 2.93. The second-order valence-electron chi connectivity index (χ2n) is 6.69. The molecule has 10 heteroatoms. The maximum atomic E-state index is 13.7. The highest BCUT2D eigenvalue weighted by Gasteiger charge is 2.33. The molecule has 10 nitrogen and oxygen atoms in total. The Morgan fingerprint density at radius 2 is 1.97 bits per heavy atom. The first-order chi connectivity index (χ1) is 22.3. The van der Waals surface area contributed by atoms with Crippen LogP contribution in [0.3, 0.4) is 0 Å². The van der Waals surface area contributed by atoms with Crippen molar-refractivity contribution in [2.24, 2.45) is 0 Å². The molecular weight excluding hydrogens is 426 g/mol.